The molecule has 3 N–H and O–H groups in total. The molecule has 1 aromatic heterocycles. The molecule has 1 heterocycles. The van der Waals surface area contributed by atoms with E-state index in [2.05, 4.69) is 10.3 Å². The lowest BCUT2D eigenvalue weighted by molar-refractivity contribution is 0.0925. The molecule has 1 amide bonds. The van der Waals surface area contributed by atoms with E-state index in [0.29, 0.717) is 18.0 Å². The number of hydrogen-bond donors (Lipinski definition) is 2. The highest BCUT2D eigenvalue weighted by Gasteiger charge is 2.20. The lowest BCUT2D eigenvalue weighted by Gasteiger charge is -2.20. The first kappa shape index (κ1) is 17.7. The third kappa shape index (κ3) is 5.16. The van der Waals surface area contributed by atoms with Crippen molar-refractivity contribution in [3.8, 4) is 0 Å². The van der Waals surface area contributed by atoms with Crippen LogP contribution in [0.2, 0.25) is 0 Å². The number of nitrogens with zero attached hydrogens (tertiary/aromatic N) is 1. The Morgan fingerprint density at radius 1 is 1.16 bits per heavy atom. The molecule has 0 saturated heterocycles. The Labute approximate surface area is 149 Å². The van der Waals surface area contributed by atoms with Gasteiger partial charge in [-0.2, -0.15) is 0 Å². The van der Waals surface area contributed by atoms with Gasteiger partial charge in [-0.05, 0) is 24.8 Å². The quantitative estimate of drug-likeness (QED) is 0.867. The predicted octanol–water partition coefficient (Wildman–Crippen LogP) is 3.76. The number of benzene rings is 1. The summed E-state index contributed by atoms with van der Waals surface area (Å²) in [6.07, 6.45) is 10.3. The van der Waals surface area contributed by atoms with Crippen LogP contribution in [-0.2, 0) is 6.42 Å². The summed E-state index contributed by atoms with van der Waals surface area (Å²) < 4.78 is 5.46. The van der Waals surface area contributed by atoms with Crippen LogP contribution in [0.1, 0.15) is 72.9 Å². The zero-order valence-electron chi connectivity index (χ0n) is 14.6. The van der Waals surface area contributed by atoms with Gasteiger partial charge in [0.25, 0.3) is 5.91 Å². The minimum atomic E-state index is -0.356. The number of aromatic nitrogens is 1. The second-order valence-corrected chi connectivity index (χ2v) is 6.88. The predicted molar refractivity (Wildman–Crippen MR) is 97.2 cm³/mol. The Morgan fingerprint density at radius 3 is 2.56 bits per heavy atom. The molecule has 1 aromatic carbocycles. The van der Waals surface area contributed by atoms with Gasteiger partial charge in [-0.15, -0.1) is 0 Å². The molecule has 25 heavy (non-hydrogen) atoms. The highest BCUT2D eigenvalue weighted by atomic mass is 16.3. The zero-order valence-corrected chi connectivity index (χ0v) is 14.6. The minimum Gasteiger partial charge on any atom is -0.446 e. The lowest BCUT2D eigenvalue weighted by atomic mass is 9.97. The summed E-state index contributed by atoms with van der Waals surface area (Å²) >= 11 is 0. The van der Waals surface area contributed by atoms with Gasteiger partial charge in [0.1, 0.15) is 6.26 Å². The van der Waals surface area contributed by atoms with Crippen LogP contribution >= 0.6 is 0 Å². The molecule has 5 nitrogen and oxygen atoms in total. The average Bonchev–Trinajstić information content (AvgIpc) is 3.08. The van der Waals surface area contributed by atoms with Crippen LogP contribution in [0.4, 0.5) is 0 Å². The Morgan fingerprint density at radius 2 is 1.84 bits per heavy atom. The first-order chi connectivity index (χ1) is 12.2. The van der Waals surface area contributed by atoms with Crippen molar-refractivity contribution in [3.05, 3.63) is 53.7 Å². The molecule has 1 aliphatic carbocycles. The van der Waals surface area contributed by atoms with Crippen LogP contribution in [-0.4, -0.2) is 16.9 Å². The second-order valence-electron chi connectivity index (χ2n) is 6.88. The highest BCUT2D eigenvalue weighted by molar-refractivity contribution is 5.92. The maximum absolute atomic E-state index is 12.4. The van der Waals surface area contributed by atoms with Gasteiger partial charge in [0, 0.05) is 6.04 Å². The van der Waals surface area contributed by atoms with Gasteiger partial charge in [0.05, 0.1) is 6.04 Å². The van der Waals surface area contributed by atoms with Crippen LogP contribution in [0.3, 0.4) is 0 Å². The maximum Gasteiger partial charge on any atom is 0.273 e. The Kier molecular flexibility index (Phi) is 6.23. The molecule has 0 radical (unpaired) electrons. The molecule has 0 bridgehead atoms. The van der Waals surface area contributed by atoms with Crippen molar-refractivity contribution in [2.75, 3.05) is 0 Å². The van der Waals surface area contributed by atoms with Crippen LogP contribution in [0.25, 0.3) is 0 Å². The molecular weight excluding hydrogens is 314 g/mol. The number of carbonyl (C=O) groups is 1. The standard InChI is InChI=1S/C20H27N3O2/c21-17(13-15-9-5-4-6-10-15)20-23-18(14-25-20)19(24)22-16-11-7-2-1-3-8-12-16/h4-6,9-10,14,16-17H,1-3,7-8,11-13,21H2,(H,22,24). The lowest BCUT2D eigenvalue weighted by Crippen LogP contribution is -2.35. The van der Waals surface area contributed by atoms with E-state index >= 15 is 0 Å². The molecule has 1 unspecified atom stereocenters. The van der Waals surface area contributed by atoms with Gasteiger partial charge < -0.3 is 15.5 Å². The second kappa shape index (κ2) is 8.81. The normalized spacial score (nSPS) is 17.5. The molecular formula is C20H27N3O2. The number of nitrogens with one attached hydrogen (secondary N) is 1. The van der Waals surface area contributed by atoms with Gasteiger partial charge in [-0.25, -0.2) is 4.98 Å². The molecule has 3 rings (SSSR count). The van der Waals surface area contributed by atoms with E-state index in [0.717, 1.165) is 18.4 Å². The van der Waals surface area contributed by atoms with E-state index < -0.39 is 0 Å². The monoisotopic (exact) mass is 341 g/mol. The Balaban J connectivity index is 1.57. The fourth-order valence-corrected chi connectivity index (χ4v) is 3.38. The molecule has 0 aliphatic heterocycles. The van der Waals surface area contributed by atoms with Crippen molar-refractivity contribution in [2.45, 2.75) is 63.5 Å². The first-order valence-electron chi connectivity index (χ1n) is 9.28. The summed E-state index contributed by atoms with van der Waals surface area (Å²) in [6, 6.07) is 9.85. The molecule has 1 aliphatic rings. The molecule has 0 spiro atoms. The molecule has 1 fully saturated rings. The first-order valence-corrected chi connectivity index (χ1v) is 9.28. The van der Waals surface area contributed by atoms with E-state index in [4.69, 9.17) is 10.2 Å². The minimum absolute atomic E-state index is 0.160. The van der Waals surface area contributed by atoms with Crippen molar-refractivity contribution < 1.29 is 9.21 Å². The largest absolute Gasteiger partial charge is 0.446 e. The van der Waals surface area contributed by atoms with E-state index in [1.807, 2.05) is 30.3 Å². The zero-order chi connectivity index (χ0) is 17.5. The summed E-state index contributed by atoms with van der Waals surface area (Å²) in [5.74, 6) is 0.249. The van der Waals surface area contributed by atoms with Crippen molar-refractivity contribution >= 4 is 5.91 Å². The Bertz CT molecular complexity index is 661. The summed E-state index contributed by atoms with van der Waals surface area (Å²) in [5, 5.41) is 3.10. The average molecular weight is 341 g/mol. The van der Waals surface area contributed by atoms with Gasteiger partial charge in [-0.1, -0.05) is 62.4 Å². The fraction of sp³-hybridized carbons (Fsp3) is 0.500. The van der Waals surface area contributed by atoms with E-state index in [1.165, 1.54) is 38.4 Å². The fourth-order valence-electron chi connectivity index (χ4n) is 3.38. The van der Waals surface area contributed by atoms with E-state index in [9.17, 15) is 4.79 Å². The van der Waals surface area contributed by atoms with Gasteiger partial charge in [0.2, 0.25) is 5.89 Å². The van der Waals surface area contributed by atoms with Crippen LogP contribution in [0.15, 0.2) is 41.0 Å². The SMILES string of the molecule is NC(Cc1ccccc1)c1nc(C(=O)NC2CCCCCCC2)co1. The number of carbonyl (C=O) groups excluding carboxylic acids is 1. The van der Waals surface area contributed by atoms with Gasteiger partial charge >= 0.3 is 0 Å². The van der Waals surface area contributed by atoms with Crippen LogP contribution < -0.4 is 11.1 Å². The maximum atomic E-state index is 12.4. The van der Waals surface area contributed by atoms with Crippen molar-refractivity contribution in [2.24, 2.45) is 5.73 Å². The number of rotatable bonds is 5. The third-order valence-corrected chi connectivity index (χ3v) is 4.81. The number of oxazole rings is 1. The summed E-state index contributed by atoms with van der Waals surface area (Å²) in [5.41, 5.74) is 7.61. The summed E-state index contributed by atoms with van der Waals surface area (Å²) in [4.78, 5) is 16.7. The molecule has 1 saturated carbocycles. The highest BCUT2D eigenvalue weighted by Crippen LogP contribution is 2.19. The van der Waals surface area contributed by atoms with Gasteiger partial charge in [0.15, 0.2) is 5.69 Å². The van der Waals surface area contributed by atoms with Crippen LogP contribution in [0, 0.1) is 0 Å². The topological polar surface area (TPSA) is 81.1 Å². The third-order valence-electron chi connectivity index (χ3n) is 4.81. The molecule has 1 atom stereocenters. The number of amides is 1. The molecule has 5 heteroatoms. The van der Waals surface area contributed by atoms with E-state index in [-0.39, 0.29) is 18.0 Å². The number of hydrogen-bond acceptors (Lipinski definition) is 4. The molecule has 2 aromatic rings. The summed E-state index contributed by atoms with van der Waals surface area (Å²) in [7, 11) is 0. The smallest absolute Gasteiger partial charge is 0.273 e. The number of nitrogens with two attached hydrogens (primary N) is 1. The van der Waals surface area contributed by atoms with E-state index in [1.54, 1.807) is 0 Å². The summed E-state index contributed by atoms with van der Waals surface area (Å²) in [6.45, 7) is 0. The van der Waals surface area contributed by atoms with Gasteiger partial charge in [-0.3, -0.25) is 4.79 Å². The van der Waals surface area contributed by atoms with Crippen molar-refractivity contribution in [3.63, 3.8) is 0 Å². The van der Waals surface area contributed by atoms with Crippen molar-refractivity contribution in [1.82, 2.24) is 10.3 Å². The van der Waals surface area contributed by atoms with Crippen molar-refractivity contribution in [1.29, 1.82) is 0 Å². The van der Waals surface area contributed by atoms with Crippen LogP contribution in [0.5, 0.6) is 0 Å². The Hall–Kier alpha value is -2.14. The molecule has 134 valence electrons.